The van der Waals surface area contributed by atoms with Crippen molar-refractivity contribution in [3.8, 4) is 0 Å². The van der Waals surface area contributed by atoms with Gasteiger partial charge < -0.3 is 5.32 Å². The van der Waals surface area contributed by atoms with Gasteiger partial charge in [0.05, 0.1) is 0 Å². The zero-order valence-corrected chi connectivity index (χ0v) is 11.2. The molecule has 1 nitrogen and oxygen atoms in total. The molecule has 0 heterocycles. The summed E-state index contributed by atoms with van der Waals surface area (Å²) in [7, 11) is 0. The van der Waals surface area contributed by atoms with Crippen molar-refractivity contribution in [1.29, 1.82) is 0 Å². The van der Waals surface area contributed by atoms with Gasteiger partial charge in [-0.15, -0.1) is 0 Å². The molecule has 1 heteroatoms. The standard InChI is InChI=1S/C17H21N/c1-3-15-10-11-17(12-16(15)4-2)18-13-14-8-6-5-7-9-14/h3-4,6,8-12,18H,5,7,13H2,1-2H3/b15-3-,16-4-. The first-order valence-corrected chi connectivity index (χ1v) is 6.65. The first-order valence-electron chi connectivity index (χ1n) is 6.65. The van der Waals surface area contributed by atoms with Crippen molar-refractivity contribution < 1.29 is 0 Å². The minimum Gasteiger partial charge on any atom is -0.381 e. The van der Waals surface area contributed by atoms with Gasteiger partial charge in [-0.3, -0.25) is 0 Å². The van der Waals surface area contributed by atoms with Gasteiger partial charge in [-0.1, -0.05) is 36.4 Å². The first kappa shape index (κ1) is 12.7. The molecule has 0 bridgehead atoms. The van der Waals surface area contributed by atoms with Crippen LogP contribution in [0.3, 0.4) is 0 Å². The van der Waals surface area contributed by atoms with Crippen molar-refractivity contribution in [1.82, 2.24) is 0 Å². The molecule has 94 valence electrons. The van der Waals surface area contributed by atoms with Crippen molar-refractivity contribution in [2.75, 3.05) is 11.9 Å². The molecule has 1 aromatic rings. The van der Waals surface area contributed by atoms with E-state index in [1.165, 1.54) is 34.5 Å². The van der Waals surface area contributed by atoms with Crippen LogP contribution in [-0.4, -0.2) is 6.54 Å². The lowest BCUT2D eigenvalue weighted by Gasteiger charge is -2.10. The Balaban J connectivity index is 2.11. The van der Waals surface area contributed by atoms with E-state index in [1.807, 2.05) is 0 Å². The third kappa shape index (κ3) is 3.13. The van der Waals surface area contributed by atoms with E-state index in [0.29, 0.717) is 0 Å². The van der Waals surface area contributed by atoms with Crippen LogP contribution in [0, 0.1) is 0 Å². The van der Waals surface area contributed by atoms with Crippen LogP contribution in [0.4, 0.5) is 5.69 Å². The minimum atomic E-state index is 0.912. The van der Waals surface area contributed by atoms with E-state index in [0.717, 1.165) is 6.54 Å². The Kier molecular flexibility index (Phi) is 4.40. The summed E-state index contributed by atoms with van der Waals surface area (Å²) in [5.74, 6) is 0. The Morgan fingerprint density at radius 2 is 1.94 bits per heavy atom. The van der Waals surface area contributed by atoms with Gasteiger partial charge in [0.25, 0.3) is 0 Å². The molecule has 0 amide bonds. The fourth-order valence-corrected chi connectivity index (χ4v) is 2.20. The molecule has 0 saturated carbocycles. The molecule has 0 atom stereocenters. The smallest absolute Gasteiger partial charge is 0.0397 e. The second-order valence-electron chi connectivity index (χ2n) is 4.53. The van der Waals surface area contributed by atoms with Crippen molar-refractivity contribution in [2.24, 2.45) is 0 Å². The van der Waals surface area contributed by atoms with Crippen LogP contribution < -0.4 is 15.8 Å². The average Bonchev–Trinajstić information content (AvgIpc) is 2.45. The van der Waals surface area contributed by atoms with E-state index in [2.05, 4.69) is 67.7 Å². The molecule has 0 unspecified atom stereocenters. The molecule has 0 radical (unpaired) electrons. The Hall–Kier alpha value is -1.76. The van der Waals surface area contributed by atoms with Gasteiger partial charge in [0.2, 0.25) is 0 Å². The van der Waals surface area contributed by atoms with Crippen LogP contribution >= 0.6 is 0 Å². The van der Waals surface area contributed by atoms with Crippen LogP contribution in [0.15, 0.2) is 42.0 Å². The highest BCUT2D eigenvalue weighted by Crippen LogP contribution is 2.10. The molecule has 0 fully saturated rings. The summed E-state index contributed by atoms with van der Waals surface area (Å²) < 4.78 is 0. The third-order valence-corrected chi connectivity index (χ3v) is 3.28. The van der Waals surface area contributed by atoms with Crippen LogP contribution in [-0.2, 0) is 0 Å². The van der Waals surface area contributed by atoms with E-state index in [4.69, 9.17) is 0 Å². The van der Waals surface area contributed by atoms with E-state index >= 15 is 0 Å². The summed E-state index contributed by atoms with van der Waals surface area (Å²) in [5.41, 5.74) is 2.57. The highest BCUT2D eigenvalue weighted by molar-refractivity contribution is 5.48. The Labute approximate surface area is 109 Å². The van der Waals surface area contributed by atoms with Crippen LogP contribution in [0.25, 0.3) is 12.2 Å². The van der Waals surface area contributed by atoms with Gasteiger partial charge in [-0.05, 0) is 54.8 Å². The highest BCUT2D eigenvalue weighted by Gasteiger charge is 1.97. The molecule has 0 saturated heterocycles. The molecule has 18 heavy (non-hydrogen) atoms. The average molecular weight is 239 g/mol. The fraction of sp³-hybridized carbons (Fsp3) is 0.294. The van der Waals surface area contributed by atoms with Crippen molar-refractivity contribution in [3.63, 3.8) is 0 Å². The molecule has 0 spiro atoms. The van der Waals surface area contributed by atoms with E-state index < -0.39 is 0 Å². The summed E-state index contributed by atoms with van der Waals surface area (Å²) in [6.45, 7) is 5.07. The number of hydrogen-bond donors (Lipinski definition) is 1. The second-order valence-corrected chi connectivity index (χ2v) is 4.53. The summed E-state index contributed by atoms with van der Waals surface area (Å²) in [4.78, 5) is 0. The zero-order valence-electron chi connectivity index (χ0n) is 11.2. The predicted molar refractivity (Wildman–Crippen MR) is 80.9 cm³/mol. The van der Waals surface area contributed by atoms with Gasteiger partial charge in [0.15, 0.2) is 0 Å². The SMILES string of the molecule is C/C=c1/ccc(NCC2=CCCC=C2)c/c1=C/C. The Bertz CT molecular complexity index is 576. The number of benzene rings is 1. The lowest BCUT2D eigenvalue weighted by Crippen LogP contribution is -2.24. The number of hydrogen-bond acceptors (Lipinski definition) is 1. The van der Waals surface area contributed by atoms with E-state index in [1.54, 1.807) is 0 Å². The van der Waals surface area contributed by atoms with Gasteiger partial charge in [0.1, 0.15) is 0 Å². The summed E-state index contributed by atoms with van der Waals surface area (Å²) in [5, 5.41) is 6.07. The van der Waals surface area contributed by atoms with Crippen LogP contribution in [0.5, 0.6) is 0 Å². The normalized spacial score (nSPS) is 16.9. The van der Waals surface area contributed by atoms with Crippen molar-refractivity contribution in [2.45, 2.75) is 26.7 Å². The lowest BCUT2D eigenvalue weighted by molar-refractivity contribution is 1.00. The summed E-state index contributed by atoms with van der Waals surface area (Å²) >= 11 is 0. The third-order valence-electron chi connectivity index (χ3n) is 3.28. The second kappa shape index (κ2) is 6.25. The molecular formula is C17H21N. The molecule has 2 rings (SSSR count). The van der Waals surface area contributed by atoms with E-state index in [-0.39, 0.29) is 0 Å². The number of anilines is 1. The van der Waals surface area contributed by atoms with Crippen LogP contribution in [0.1, 0.15) is 26.7 Å². The molecule has 1 N–H and O–H groups in total. The van der Waals surface area contributed by atoms with Gasteiger partial charge >= 0.3 is 0 Å². The molecule has 0 aromatic heterocycles. The molecule has 1 aliphatic carbocycles. The van der Waals surface area contributed by atoms with Crippen LogP contribution in [0.2, 0.25) is 0 Å². The fourth-order valence-electron chi connectivity index (χ4n) is 2.20. The molecule has 1 aromatic carbocycles. The Morgan fingerprint density at radius 1 is 1.11 bits per heavy atom. The number of nitrogens with one attached hydrogen (secondary N) is 1. The Morgan fingerprint density at radius 3 is 2.61 bits per heavy atom. The molecule has 1 aliphatic rings. The quantitative estimate of drug-likeness (QED) is 0.855. The van der Waals surface area contributed by atoms with Crippen molar-refractivity contribution >= 4 is 17.8 Å². The number of allylic oxidation sites excluding steroid dienone is 2. The largest absolute Gasteiger partial charge is 0.381 e. The lowest BCUT2D eigenvalue weighted by atomic mass is 10.1. The van der Waals surface area contributed by atoms with Gasteiger partial charge in [-0.2, -0.15) is 0 Å². The monoisotopic (exact) mass is 239 g/mol. The van der Waals surface area contributed by atoms with Gasteiger partial charge in [-0.25, -0.2) is 0 Å². The van der Waals surface area contributed by atoms with Gasteiger partial charge in [0, 0.05) is 12.2 Å². The number of rotatable bonds is 3. The molecule has 0 aliphatic heterocycles. The first-order chi connectivity index (χ1) is 8.83. The maximum atomic E-state index is 3.49. The maximum Gasteiger partial charge on any atom is 0.0397 e. The maximum absolute atomic E-state index is 3.49. The van der Waals surface area contributed by atoms with E-state index in [9.17, 15) is 0 Å². The zero-order chi connectivity index (χ0) is 12.8. The highest BCUT2D eigenvalue weighted by atomic mass is 14.9. The summed E-state index contributed by atoms with van der Waals surface area (Å²) in [6, 6.07) is 6.53. The minimum absolute atomic E-state index is 0.912. The topological polar surface area (TPSA) is 12.0 Å². The predicted octanol–water partition coefficient (Wildman–Crippen LogP) is 2.98. The van der Waals surface area contributed by atoms with Crippen molar-refractivity contribution in [3.05, 3.63) is 52.4 Å². The summed E-state index contributed by atoms with van der Waals surface area (Å²) in [6.07, 6.45) is 13.4. The molecular weight excluding hydrogens is 218 g/mol.